The average molecular weight is 209 g/mol. The van der Waals surface area contributed by atoms with Gasteiger partial charge in [-0.05, 0) is 24.0 Å². The van der Waals surface area contributed by atoms with E-state index in [1.165, 1.54) is 0 Å². The number of nitrogens with zero attached hydrogens (tertiary/aromatic N) is 1. The fourth-order valence-corrected chi connectivity index (χ4v) is 1.23. The molecule has 0 aliphatic rings. The first-order chi connectivity index (χ1) is 7.03. The first-order valence-corrected chi connectivity index (χ1v) is 5.10. The Balaban J connectivity index is 2.46. The van der Waals surface area contributed by atoms with Crippen molar-refractivity contribution in [1.29, 1.82) is 0 Å². The Hall–Kier alpha value is -1.29. The van der Waals surface area contributed by atoms with Crippen LogP contribution in [0, 0.1) is 5.41 Å². The zero-order chi connectivity index (χ0) is 11.3. The van der Waals surface area contributed by atoms with E-state index in [1.54, 1.807) is 6.20 Å². The van der Waals surface area contributed by atoms with Crippen molar-refractivity contribution in [2.45, 2.75) is 20.3 Å². The highest BCUT2D eigenvalue weighted by Gasteiger charge is 2.16. The molecular formula is C11H19N3O. The molecule has 0 radical (unpaired) electrons. The molecule has 15 heavy (non-hydrogen) atoms. The van der Waals surface area contributed by atoms with Crippen LogP contribution < -0.4 is 11.1 Å². The van der Waals surface area contributed by atoms with Crippen molar-refractivity contribution in [2.24, 2.45) is 5.41 Å². The number of rotatable bonds is 5. The number of nitrogen functional groups attached to an aromatic ring is 1. The van der Waals surface area contributed by atoms with Gasteiger partial charge in [0.05, 0.1) is 11.9 Å². The second kappa shape index (κ2) is 4.98. The van der Waals surface area contributed by atoms with Crippen LogP contribution in [0.1, 0.15) is 20.3 Å². The highest BCUT2D eigenvalue weighted by atomic mass is 16.3. The second-order valence-electron chi connectivity index (χ2n) is 4.47. The van der Waals surface area contributed by atoms with Gasteiger partial charge in [-0.3, -0.25) is 0 Å². The average Bonchev–Trinajstić information content (AvgIpc) is 2.17. The van der Waals surface area contributed by atoms with Crippen LogP contribution >= 0.6 is 0 Å². The molecule has 0 fully saturated rings. The summed E-state index contributed by atoms with van der Waals surface area (Å²) in [6.07, 6.45) is 2.40. The second-order valence-corrected chi connectivity index (χ2v) is 4.47. The lowest BCUT2D eigenvalue weighted by Gasteiger charge is -2.24. The van der Waals surface area contributed by atoms with Gasteiger partial charge < -0.3 is 16.2 Å². The van der Waals surface area contributed by atoms with E-state index >= 15 is 0 Å². The van der Waals surface area contributed by atoms with E-state index in [-0.39, 0.29) is 12.0 Å². The number of nitrogens with one attached hydrogen (secondary N) is 1. The van der Waals surface area contributed by atoms with Crippen molar-refractivity contribution in [3.63, 3.8) is 0 Å². The maximum Gasteiger partial charge on any atom is 0.126 e. The van der Waals surface area contributed by atoms with E-state index in [2.05, 4.69) is 24.1 Å². The number of anilines is 2. The van der Waals surface area contributed by atoms with Crippen molar-refractivity contribution in [2.75, 3.05) is 24.2 Å². The summed E-state index contributed by atoms with van der Waals surface area (Å²) in [6, 6.07) is 3.67. The molecule has 0 bridgehead atoms. The van der Waals surface area contributed by atoms with Crippen LogP contribution in [-0.2, 0) is 0 Å². The zero-order valence-electron chi connectivity index (χ0n) is 9.33. The van der Waals surface area contributed by atoms with Gasteiger partial charge in [-0.1, -0.05) is 13.8 Å². The van der Waals surface area contributed by atoms with Crippen LogP contribution in [0.5, 0.6) is 0 Å². The Bertz CT molecular complexity index is 295. The highest BCUT2D eigenvalue weighted by Crippen LogP contribution is 2.20. The molecule has 0 saturated carbocycles. The lowest BCUT2D eigenvalue weighted by Crippen LogP contribution is -2.24. The monoisotopic (exact) mass is 209 g/mol. The normalized spacial score (nSPS) is 11.4. The quantitative estimate of drug-likeness (QED) is 0.687. The van der Waals surface area contributed by atoms with E-state index in [0.29, 0.717) is 5.69 Å². The molecule has 0 unspecified atom stereocenters. The summed E-state index contributed by atoms with van der Waals surface area (Å²) in [4.78, 5) is 4.14. The topological polar surface area (TPSA) is 71.2 Å². The summed E-state index contributed by atoms with van der Waals surface area (Å²) in [5.74, 6) is 0.815. The predicted octanol–water partition coefficient (Wildman–Crippen LogP) is 1.48. The van der Waals surface area contributed by atoms with Crippen LogP contribution in [0.25, 0.3) is 0 Å². The maximum atomic E-state index is 8.88. The van der Waals surface area contributed by atoms with E-state index in [9.17, 15) is 0 Å². The van der Waals surface area contributed by atoms with Gasteiger partial charge in [-0.15, -0.1) is 0 Å². The van der Waals surface area contributed by atoms with Gasteiger partial charge in [0.1, 0.15) is 5.82 Å². The molecular weight excluding hydrogens is 190 g/mol. The first kappa shape index (κ1) is 11.8. The van der Waals surface area contributed by atoms with E-state index < -0.39 is 0 Å². The van der Waals surface area contributed by atoms with Crippen molar-refractivity contribution < 1.29 is 5.11 Å². The SMILES string of the molecule is CC(C)(CCO)CNc1ccc(N)cn1. The summed E-state index contributed by atoms with van der Waals surface area (Å²) in [6.45, 7) is 5.20. The summed E-state index contributed by atoms with van der Waals surface area (Å²) < 4.78 is 0. The van der Waals surface area contributed by atoms with Gasteiger partial charge in [0, 0.05) is 13.2 Å². The van der Waals surface area contributed by atoms with E-state index in [0.717, 1.165) is 18.8 Å². The fourth-order valence-electron chi connectivity index (χ4n) is 1.23. The number of hydrogen-bond donors (Lipinski definition) is 3. The number of nitrogens with two attached hydrogens (primary N) is 1. The van der Waals surface area contributed by atoms with Gasteiger partial charge in [-0.2, -0.15) is 0 Å². The molecule has 0 aliphatic carbocycles. The minimum Gasteiger partial charge on any atom is -0.397 e. The van der Waals surface area contributed by atoms with E-state index in [1.807, 2.05) is 12.1 Å². The Kier molecular flexibility index (Phi) is 3.91. The van der Waals surface area contributed by atoms with Crippen molar-refractivity contribution in [3.05, 3.63) is 18.3 Å². The number of hydrogen-bond acceptors (Lipinski definition) is 4. The third kappa shape index (κ3) is 4.16. The molecule has 4 N–H and O–H groups in total. The number of aliphatic hydroxyl groups excluding tert-OH is 1. The molecule has 4 nitrogen and oxygen atoms in total. The Morgan fingerprint density at radius 3 is 2.73 bits per heavy atom. The van der Waals surface area contributed by atoms with Crippen LogP contribution in [0.15, 0.2) is 18.3 Å². The van der Waals surface area contributed by atoms with Crippen molar-refractivity contribution in [3.8, 4) is 0 Å². The Morgan fingerprint density at radius 2 is 2.20 bits per heavy atom. The van der Waals surface area contributed by atoms with Gasteiger partial charge >= 0.3 is 0 Å². The molecule has 1 aromatic rings. The lowest BCUT2D eigenvalue weighted by atomic mass is 9.90. The minimum atomic E-state index is 0.0673. The molecule has 84 valence electrons. The summed E-state index contributed by atoms with van der Waals surface area (Å²) in [5.41, 5.74) is 6.26. The summed E-state index contributed by atoms with van der Waals surface area (Å²) >= 11 is 0. The largest absolute Gasteiger partial charge is 0.397 e. The number of aromatic nitrogens is 1. The molecule has 1 aromatic heterocycles. The van der Waals surface area contributed by atoms with Crippen LogP contribution in [0.2, 0.25) is 0 Å². The van der Waals surface area contributed by atoms with Crippen LogP contribution in [0.4, 0.5) is 11.5 Å². The number of aliphatic hydroxyl groups is 1. The maximum absolute atomic E-state index is 8.88. The zero-order valence-corrected chi connectivity index (χ0v) is 9.33. The summed E-state index contributed by atoms with van der Waals surface area (Å²) in [5, 5.41) is 12.1. The van der Waals surface area contributed by atoms with Crippen molar-refractivity contribution >= 4 is 11.5 Å². The third-order valence-corrected chi connectivity index (χ3v) is 2.32. The molecule has 0 saturated heterocycles. The fraction of sp³-hybridized carbons (Fsp3) is 0.545. The lowest BCUT2D eigenvalue weighted by molar-refractivity contribution is 0.220. The Labute approximate surface area is 90.5 Å². The molecule has 1 heterocycles. The van der Waals surface area contributed by atoms with Crippen LogP contribution in [0.3, 0.4) is 0 Å². The molecule has 0 aromatic carbocycles. The molecule has 1 rings (SSSR count). The molecule has 0 aliphatic heterocycles. The van der Waals surface area contributed by atoms with Crippen LogP contribution in [-0.4, -0.2) is 23.2 Å². The van der Waals surface area contributed by atoms with Gasteiger partial charge in [-0.25, -0.2) is 4.98 Å². The number of pyridine rings is 1. The summed E-state index contributed by atoms with van der Waals surface area (Å²) in [7, 11) is 0. The van der Waals surface area contributed by atoms with Gasteiger partial charge in [0.2, 0.25) is 0 Å². The highest BCUT2D eigenvalue weighted by molar-refractivity contribution is 5.43. The molecule has 0 atom stereocenters. The van der Waals surface area contributed by atoms with Gasteiger partial charge in [0.25, 0.3) is 0 Å². The van der Waals surface area contributed by atoms with E-state index in [4.69, 9.17) is 10.8 Å². The standard InChI is InChI=1S/C11H19N3O/c1-11(2,5-6-15)8-14-10-4-3-9(12)7-13-10/h3-4,7,15H,5-6,8,12H2,1-2H3,(H,13,14). The molecule has 0 spiro atoms. The Morgan fingerprint density at radius 1 is 1.47 bits per heavy atom. The van der Waals surface area contributed by atoms with Gasteiger partial charge in [0.15, 0.2) is 0 Å². The first-order valence-electron chi connectivity index (χ1n) is 5.10. The molecule has 4 heteroatoms. The predicted molar refractivity (Wildman–Crippen MR) is 62.6 cm³/mol. The minimum absolute atomic E-state index is 0.0673. The van der Waals surface area contributed by atoms with Crippen molar-refractivity contribution in [1.82, 2.24) is 4.98 Å². The molecule has 0 amide bonds. The smallest absolute Gasteiger partial charge is 0.126 e. The third-order valence-electron chi connectivity index (χ3n) is 2.32.